The maximum Gasteiger partial charge on any atom is 0.271 e. The Morgan fingerprint density at radius 3 is 2.19 bits per heavy atom. The maximum absolute atomic E-state index is 12.3. The largest absolute Gasteiger partial charge is 0.319 e. The van der Waals surface area contributed by atoms with Crippen LogP contribution in [0, 0.1) is 27.7 Å². The minimum absolute atomic E-state index is 0.224. The van der Waals surface area contributed by atoms with Crippen molar-refractivity contribution < 1.29 is 4.79 Å². The second kappa shape index (κ2) is 7.40. The molecule has 132 valence electrons. The second-order valence-corrected chi connectivity index (χ2v) is 6.56. The van der Waals surface area contributed by atoms with Gasteiger partial charge < -0.3 is 4.57 Å². The molecule has 0 aliphatic carbocycles. The highest BCUT2D eigenvalue weighted by Gasteiger charge is 2.07. The van der Waals surface area contributed by atoms with Gasteiger partial charge in [-0.15, -0.1) is 0 Å². The summed E-state index contributed by atoms with van der Waals surface area (Å²) >= 11 is 0. The first-order valence-corrected chi connectivity index (χ1v) is 8.62. The van der Waals surface area contributed by atoms with Gasteiger partial charge in [0.15, 0.2) is 0 Å². The van der Waals surface area contributed by atoms with Crippen LogP contribution in [0.25, 0.3) is 5.69 Å². The summed E-state index contributed by atoms with van der Waals surface area (Å²) in [5.41, 5.74) is 9.86. The molecule has 2 aromatic carbocycles. The molecule has 0 aliphatic rings. The number of hydrazone groups is 1. The number of rotatable bonds is 4. The van der Waals surface area contributed by atoms with E-state index in [4.69, 9.17) is 0 Å². The average Bonchev–Trinajstić information content (AvgIpc) is 2.95. The fourth-order valence-electron chi connectivity index (χ4n) is 3.03. The number of amides is 1. The van der Waals surface area contributed by atoms with Gasteiger partial charge in [0.1, 0.15) is 0 Å². The van der Waals surface area contributed by atoms with Gasteiger partial charge in [-0.3, -0.25) is 4.79 Å². The number of hydrogen-bond acceptors (Lipinski definition) is 2. The molecule has 1 N–H and O–H groups in total. The molecule has 4 heteroatoms. The first kappa shape index (κ1) is 17.7. The van der Waals surface area contributed by atoms with Gasteiger partial charge in [-0.25, -0.2) is 5.43 Å². The monoisotopic (exact) mass is 345 g/mol. The summed E-state index contributed by atoms with van der Waals surface area (Å²) in [6, 6.07) is 17.8. The Labute approximate surface area is 154 Å². The Morgan fingerprint density at radius 2 is 1.58 bits per heavy atom. The van der Waals surface area contributed by atoms with Crippen molar-refractivity contribution >= 4 is 12.1 Å². The highest BCUT2D eigenvalue weighted by Crippen LogP contribution is 2.17. The predicted octanol–water partition coefficient (Wildman–Crippen LogP) is 4.47. The van der Waals surface area contributed by atoms with Crippen LogP contribution in [-0.2, 0) is 0 Å². The third kappa shape index (κ3) is 3.75. The molecule has 3 aromatic rings. The number of carbonyl (C=O) groups is 1. The molecular formula is C22H23N3O. The number of aromatic nitrogens is 1. The van der Waals surface area contributed by atoms with Crippen LogP contribution >= 0.6 is 0 Å². The minimum atomic E-state index is -0.224. The van der Waals surface area contributed by atoms with Crippen molar-refractivity contribution in [2.45, 2.75) is 27.7 Å². The molecule has 0 atom stereocenters. The third-order valence-corrected chi connectivity index (χ3v) is 4.45. The maximum atomic E-state index is 12.3. The first-order valence-electron chi connectivity index (χ1n) is 8.62. The lowest BCUT2D eigenvalue weighted by Gasteiger charge is -2.10. The molecule has 1 amide bonds. The van der Waals surface area contributed by atoms with Crippen LogP contribution in [-0.4, -0.2) is 16.7 Å². The van der Waals surface area contributed by atoms with E-state index in [9.17, 15) is 4.79 Å². The van der Waals surface area contributed by atoms with Gasteiger partial charge in [0.25, 0.3) is 5.91 Å². The molecular weight excluding hydrogens is 322 g/mol. The second-order valence-electron chi connectivity index (χ2n) is 6.56. The van der Waals surface area contributed by atoms with E-state index in [1.807, 2.05) is 43.3 Å². The average molecular weight is 345 g/mol. The molecule has 4 nitrogen and oxygen atoms in total. The van der Waals surface area contributed by atoms with E-state index in [-0.39, 0.29) is 5.91 Å². The Kier molecular flexibility index (Phi) is 5.03. The standard InChI is InChI=1S/C22H23N3O/c1-15-5-8-20(16(2)13-15)14-23-24-22(26)19-9-11-21(12-10-19)25-17(3)6-7-18(25)4/h5-14H,1-4H3,(H,24,26). The van der Waals surface area contributed by atoms with Crippen molar-refractivity contribution in [3.8, 4) is 5.69 Å². The summed E-state index contributed by atoms with van der Waals surface area (Å²) in [6.45, 7) is 8.21. The van der Waals surface area contributed by atoms with Crippen LogP contribution in [0.2, 0.25) is 0 Å². The number of aryl methyl sites for hydroxylation is 4. The Hall–Kier alpha value is -3.14. The summed E-state index contributed by atoms with van der Waals surface area (Å²) < 4.78 is 2.15. The van der Waals surface area contributed by atoms with E-state index in [1.165, 1.54) is 5.56 Å². The van der Waals surface area contributed by atoms with Crippen molar-refractivity contribution in [1.29, 1.82) is 0 Å². The highest BCUT2D eigenvalue weighted by molar-refractivity contribution is 5.95. The zero-order valence-electron chi connectivity index (χ0n) is 15.6. The lowest BCUT2D eigenvalue weighted by Crippen LogP contribution is -2.17. The number of carbonyl (C=O) groups excluding carboxylic acids is 1. The van der Waals surface area contributed by atoms with Crippen LogP contribution in [0.4, 0.5) is 0 Å². The third-order valence-electron chi connectivity index (χ3n) is 4.45. The van der Waals surface area contributed by atoms with Gasteiger partial charge in [0, 0.05) is 22.6 Å². The summed E-state index contributed by atoms with van der Waals surface area (Å²) in [5, 5.41) is 4.08. The van der Waals surface area contributed by atoms with Gasteiger partial charge in [-0.2, -0.15) is 5.10 Å². The topological polar surface area (TPSA) is 46.4 Å². The van der Waals surface area contributed by atoms with Gasteiger partial charge >= 0.3 is 0 Å². The number of benzene rings is 2. The molecule has 1 heterocycles. The van der Waals surface area contributed by atoms with Crippen molar-refractivity contribution in [2.75, 3.05) is 0 Å². The van der Waals surface area contributed by atoms with Crippen LogP contribution in [0.15, 0.2) is 59.7 Å². The lowest BCUT2D eigenvalue weighted by molar-refractivity contribution is 0.0955. The Bertz CT molecular complexity index is 946. The fraction of sp³-hybridized carbons (Fsp3) is 0.182. The molecule has 3 rings (SSSR count). The van der Waals surface area contributed by atoms with E-state index in [0.29, 0.717) is 5.56 Å². The number of hydrogen-bond donors (Lipinski definition) is 1. The van der Waals surface area contributed by atoms with E-state index < -0.39 is 0 Å². The molecule has 0 aliphatic heterocycles. The molecule has 0 fully saturated rings. The van der Waals surface area contributed by atoms with Crippen LogP contribution < -0.4 is 5.43 Å². The zero-order valence-corrected chi connectivity index (χ0v) is 15.6. The van der Waals surface area contributed by atoms with Gasteiger partial charge in [0.2, 0.25) is 0 Å². The molecule has 0 unspecified atom stereocenters. The van der Waals surface area contributed by atoms with E-state index in [1.54, 1.807) is 6.21 Å². The Balaban J connectivity index is 1.69. The summed E-state index contributed by atoms with van der Waals surface area (Å²) in [7, 11) is 0. The summed E-state index contributed by atoms with van der Waals surface area (Å²) in [4.78, 5) is 12.3. The lowest BCUT2D eigenvalue weighted by atomic mass is 10.1. The quantitative estimate of drug-likeness (QED) is 0.550. The van der Waals surface area contributed by atoms with E-state index >= 15 is 0 Å². The van der Waals surface area contributed by atoms with Crippen molar-refractivity contribution in [1.82, 2.24) is 9.99 Å². The molecule has 1 aromatic heterocycles. The smallest absolute Gasteiger partial charge is 0.271 e. The van der Waals surface area contributed by atoms with Gasteiger partial charge in [0.05, 0.1) is 6.21 Å². The summed E-state index contributed by atoms with van der Waals surface area (Å²) in [5.74, 6) is -0.224. The van der Waals surface area contributed by atoms with Crippen LogP contribution in [0.1, 0.15) is 38.4 Å². The SMILES string of the molecule is Cc1ccc(C=NNC(=O)c2ccc(-n3c(C)ccc3C)cc2)c(C)c1. The van der Waals surface area contributed by atoms with Crippen molar-refractivity contribution in [3.63, 3.8) is 0 Å². The van der Waals surface area contributed by atoms with Gasteiger partial charge in [-0.05, 0) is 75.2 Å². The first-order chi connectivity index (χ1) is 12.5. The van der Waals surface area contributed by atoms with Crippen molar-refractivity contribution in [3.05, 3.63) is 88.2 Å². The fourth-order valence-corrected chi connectivity index (χ4v) is 3.03. The van der Waals surface area contributed by atoms with Crippen LogP contribution in [0.5, 0.6) is 0 Å². The molecule has 0 radical (unpaired) electrons. The predicted molar refractivity (Wildman–Crippen MR) is 106 cm³/mol. The van der Waals surface area contributed by atoms with E-state index in [0.717, 1.165) is 28.2 Å². The molecule has 0 bridgehead atoms. The normalized spacial score (nSPS) is 11.1. The van der Waals surface area contributed by atoms with Crippen molar-refractivity contribution in [2.24, 2.45) is 5.10 Å². The zero-order chi connectivity index (χ0) is 18.7. The van der Waals surface area contributed by atoms with Gasteiger partial charge in [-0.1, -0.05) is 23.8 Å². The van der Waals surface area contributed by atoms with E-state index in [2.05, 4.69) is 54.1 Å². The van der Waals surface area contributed by atoms with Crippen LogP contribution in [0.3, 0.4) is 0 Å². The Morgan fingerprint density at radius 1 is 0.923 bits per heavy atom. The summed E-state index contributed by atoms with van der Waals surface area (Å²) in [6.07, 6.45) is 1.67. The number of nitrogens with one attached hydrogen (secondary N) is 1. The molecule has 0 saturated carbocycles. The molecule has 26 heavy (non-hydrogen) atoms. The minimum Gasteiger partial charge on any atom is -0.319 e. The number of nitrogens with zero attached hydrogens (tertiary/aromatic N) is 2. The molecule has 0 saturated heterocycles. The molecule has 0 spiro atoms. The highest BCUT2D eigenvalue weighted by atomic mass is 16.2.